The smallest absolute Gasteiger partial charge is 0.387 e. The van der Waals surface area contributed by atoms with Crippen LogP contribution in [0.3, 0.4) is 0 Å². The highest BCUT2D eigenvalue weighted by Gasteiger charge is 2.27. The Balaban J connectivity index is 4.62. The van der Waals surface area contributed by atoms with Crippen LogP contribution in [0.4, 0.5) is 0 Å². The summed E-state index contributed by atoms with van der Waals surface area (Å²) in [4.78, 5) is 23.0. The molecule has 0 saturated heterocycles. The highest BCUT2D eigenvalue weighted by Crippen LogP contribution is 2.43. The van der Waals surface area contributed by atoms with Crippen molar-refractivity contribution in [3.05, 3.63) is 48.6 Å². The lowest BCUT2D eigenvalue weighted by Gasteiger charge is -2.25. The van der Waals surface area contributed by atoms with Gasteiger partial charge in [0.05, 0.1) is 39.9 Å². The first kappa shape index (κ1) is 48.5. The lowest BCUT2D eigenvalue weighted by Crippen LogP contribution is -2.45. The number of allylic oxidation sites excluding steroid dienone is 7. The zero-order valence-corrected chi connectivity index (χ0v) is 33.8. The molecule has 50 heavy (non-hydrogen) atoms. The minimum absolute atomic E-state index is 0.0506. The van der Waals surface area contributed by atoms with Gasteiger partial charge in [0.1, 0.15) is 13.2 Å². The Hall–Kier alpha value is -1.54. The van der Waals surface area contributed by atoms with Gasteiger partial charge in [-0.1, -0.05) is 127 Å². The van der Waals surface area contributed by atoms with Gasteiger partial charge >= 0.3 is 7.82 Å². The molecule has 0 rings (SSSR count). The van der Waals surface area contributed by atoms with Crippen molar-refractivity contribution in [2.75, 3.05) is 40.9 Å². The minimum Gasteiger partial charge on any atom is -0.387 e. The number of likely N-dealkylation sites (N-methyl/N-ethyl adjacent to an activating group) is 1. The standard InChI is InChI=1S/C41H77N2O6P/c1-6-8-10-12-14-16-18-20-21-22-23-24-26-28-30-32-34-40(44)39(38-49-50(46,47)48-37-36-43(3,4)5)42-41(45)35-33-31-29-27-25-19-17-15-13-11-9-7-2/h15,17,20-21,24,26,32,34,39-40,44H,6-14,16,18-19,22-23,25,27-31,33,35-38H2,1-5H3,(H-,42,45,46,47)/p+1/b17-15-,21-20+,26-24+,34-32+. The van der Waals surface area contributed by atoms with Crippen LogP contribution in [0.1, 0.15) is 155 Å². The highest BCUT2D eigenvalue weighted by molar-refractivity contribution is 7.47. The summed E-state index contributed by atoms with van der Waals surface area (Å²) in [7, 11) is 1.53. The molecule has 0 aromatic heterocycles. The second-order valence-electron chi connectivity index (χ2n) is 14.6. The van der Waals surface area contributed by atoms with Crippen LogP contribution in [0.2, 0.25) is 0 Å². The van der Waals surface area contributed by atoms with Crippen molar-refractivity contribution in [1.82, 2.24) is 5.32 Å². The fourth-order valence-electron chi connectivity index (χ4n) is 5.24. The summed E-state index contributed by atoms with van der Waals surface area (Å²) in [6.45, 7) is 4.71. The first-order valence-electron chi connectivity index (χ1n) is 20.0. The number of phosphoric acid groups is 1. The van der Waals surface area contributed by atoms with Crippen molar-refractivity contribution in [3.8, 4) is 0 Å². The maximum atomic E-state index is 12.8. The number of aliphatic hydroxyl groups is 1. The number of phosphoric ester groups is 1. The van der Waals surface area contributed by atoms with Gasteiger partial charge < -0.3 is 19.8 Å². The molecule has 0 heterocycles. The number of amides is 1. The van der Waals surface area contributed by atoms with Crippen LogP contribution in [0.5, 0.6) is 0 Å². The molecule has 0 spiro atoms. The average Bonchev–Trinajstić information content (AvgIpc) is 3.06. The molecule has 8 nitrogen and oxygen atoms in total. The Bertz CT molecular complexity index is 959. The fourth-order valence-corrected chi connectivity index (χ4v) is 5.98. The molecule has 0 aromatic carbocycles. The van der Waals surface area contributed by atoms with E-state index in [1.807, 2.05) is 27.2 Å². The van der Waals surface area contributed by atoms with Crippen molar-refractivity contribution in [1.29, 1.82) is 0 Å². The van der Waals surface area contributed by atoms with Crippen molar-refractivity contribution in [3.63, 3.8) is 0 Å². The summed E-state index contributed by atoms with van der Waals surface area (Å²) in [5.41, 5.74) is 0. The number of carbonyl (C=O) groups is 1. The van der Waals surface area contributed by atoms with Crippen LogP contribution >= 0.6 is 7.82 Å². The van der Waals surface area contributed by atoms with Gasteiger partial charge in [0, 0.05) is 6.42 Å². The van der Waals surface area contributed by atoms with E-state index in [0.29, 0.717) is 17.4 Å². The number of unbranched alkanes of at least 4 members (excludes halogenated alkanes) is 16. The number of quaternary nitrogens is 1. The van der Waals surface area contributed by atoms with Crippen molar-refractivity contribution < 1.29 is 32.9 Å². The van der Waals surface area contributed by atoms with Crippen LogP contribution in [0.25, 0.3) is 0 Å². The molecular formula is C41H78N2O6P+. The molecule has 1 amide bonds. The van der Waals surface area contributed by atoms with Gasteiger partial charge in [-0.05, 0) is 70.6 Å². The van der Waals surface area contributed by atoms with E-state index in [1.165, 1.54) is 77.0 Å². The van der Waals surface area contributed by atoms with Crippen molar-refractivity contribution in [2.45, 2.75) is 167 Å². The number of hydrogen-bond donors (Lipinski definition) is 3. The predicted octanol–water partition coefficient (Wildman–Crippen LogP) is 10.5. The predicted molar refractivity (Wildman–Crippen MR) is 212 cm³/mol. The maximum Gasteiger partial charge on any atom is 0.472 e. The van der Waals surface area contributed by atoms with Gasteiger partial charge in [-0.25, -0.2) is 4.57 Å². The van der Waals surface area contributed by atoms with E-state index in [0.717, 1.165) is 57.8 Å². The SMILES string of the molecule is CCCCC/C=C\CCCCCCCC(=O)NC(COP(=O)(O)OCC[N+](C)(C)C)C(O)/C=C/CC/C=C/CC/C=C/CCCCCCCC. The maximum absolute atomic E-state index is 12.8. The highest BCUT2D eigenvalue weighted by atomic mass is 31.2. The van der Waals surface area contributed by atoms with Gasteiger partial charge in [0.2, 0.25) is 5.91 Å². The lowest BCUT2D eigenvalue weighted by atomic mass is 10.1. The van der Waals surface area contributed by atoms with Gasteiger partial charge in [-0.3, -0.25) is 13.8 Å². The summed E-state index contributed by atoms with van der Waals surface area (Å²) in [5.74, 6) is -0.205. The number of nitrogens with zero attached hydrogens (tertiary/aromatic N) is 1. The van der Waals surface area contributed by atoms with Crippen LogP contribution < -0.4 is 5.32 Å². The Morgan fingerprint density at radius 2 is 1.10 bits per heavy atom. The molecule has 3 atom stereocenters. The van der Waals surface area contributed by atoms with E-state index in [-0.39, 0.29) is 19.1 Å². The third-order valence-corrected chi connectivity index (χ3v) is 9.48. The number of nitrogens with one attached hydrogen (secondary N) is 1. The summed E-state index contributed by atoms with van der Waals surface area (Å²) < 4.78 is 23.4. The molecular weight excluding hydrogens is 647 g/mol. The normalized spacial score (nSPS) is 15.1. The van der Waals surface area contributed by atoms with Crippen molar-refractivity contribution in [2.24, 2.45) is 0 Å². The van der Waals surface area contributed by atoms with Gasteiger partial charge in [-0.15, -0.1) is 0 Å². The summed E-state index contributed by atoms with van der Waals surface area (Å²) in [6, 6.07) is -0.871. The van der Waals surface area contributed by atoms with E-state index in [4.69, 9.17) is 9.05 Å². The lowest BCUT2D eigenvalue weighted by molar-refractivity contribution is -0.870. The first-order chi connectivity index (χ1) is 24.0. The van der Waals surface area contributed by atoms with E-state index < -0.39 is 20.0 Å². The molecule has 0 radical (unpaired) electrons. The number of carbonyl (C=O) groups excluding carboxylic acids is 1. The van der Waals surface area contributed by atoms with Gasteiger partial charge in [-0.2, -0.15) is 0 Å². The summed E-state index contributed by atoms with van der Waals surface area (Å²) in [6.07, 6.45) is 40.3. The van der Waals surface area contributed by atoms with Crippen molar-refractivity contribution >= 4 is 13.7 Å². The molecule has 0 aliphatic rings. The molecule has 9 heteroatoms. The third kappa shape index (κ3) is 34.9. The molecule has 3 unspecified atom stereocenters. The molecule has 0 bridgehead atoms. The number of aliphatic hydroxyl groups excluding tert-OH is 1. The molecule has 0 fully saturated rings. The van der Waals surface area contributed by atoms with Gasteiger partial charge in [0.25, 0.3) is 0 Å². The van der Waals surface area contributed by atoms with E-state index in [9.17, 15) is 19.4 Å². The largest absolute Gasteiger partial charge is 0.472 e. The number of hydrogen-bond acceptors (Lipinski definition) is 5. The molecule has 0 aromatic rings. The second kappa shape index (κ2) is 33.3. The van der Waals surface area contributed by atoms with E-state index in [2.05, 4.69) is 55.6 Å². The second-order valence-corrected chi connectivity index (χ2v) is 16.1. The quantitative estimate of drug-likeness (QED) is 0.0260. The average molecular weight is 726 g/mol. The molecule has 0 saturated carbocycles. The fraction of sp³-hybridized carbons (Fsp3) is 0.780. The Morgan fingerprint density at radius 3 is 1.64 bits per heavy atom. The Kier molecular flexibility index (Phi) is 32.3. The Labute approximate surface area is 308 Å². The van der Waals surface area contributed by atoms with E-state index in [1.54, 1.807) is 6.08 Å². The third-order valence-electron chi connectivity index (χ3n) is 8.50. The van der Waals surface area contributed by atoms with Crippen LogP contribution in [0.15, 0.2) is 48.6 Å². The molecule has 292 valence electrons. The summed E-state index contributed by atoms with van der Waals surface area (Å²) in [5, 5.41) is 13.7. The van der Waals surface area contributed by atoms with Crippen LogP contribution in [0, 0.1) is 0 Å². The molecule has 0 aliphatic carbocycles. The zero-order chi connectivity index (χ0) is 37.2. The minimum atomic E-state index is -4.34. The Morgan fingerprint density at radius 1 is 0.660 bits per heavy atom. The first-order valence-corrected chi connectivity index (χ1v) is 21.5. The van der Waals surface area contributed by atoms with Crippen LogP contribution in [-0.4, -0.2) is 73.4 Å². The molecule has 0 aliphatic heterocycles. The van der Waals surface area contributed by atoms with Gasteiger partial charge in [0.15, 0.2) is 0 Å². The zero-order valence-electron chi connectivity index (χ0n) is 32.9. The monoisotopic (exact) mass is 726 g/mol. The molecule has 3 N–H and O–H groups in total. The van der Waals surface area contributed by atoms with Crippen LogP contribution in [-0.2, 0) is 18.4 Å². The number of rotatable bonds is 35. The topological polar surface area (TPSA) is 105 Å². The van der Waals surface area contributed by atoms with E-state index >= 15 is 0 Å². The summed E-state index contributed by atoms with van der Waals surface area (Å²) >= 11 is 0.